The number of carbonyl (C=O) groups is 2. The molecule has 3 rings (SSSR count). The number of carboxylic acids is 1. The maximum Gasteiger partial charge on any atom is 0.490 e. The Labute approximate surface area is 210 Å². The van der Waals surface area contributed by atoms with Crippen LogP contribution in [0.25, 0.3) is 0 Å². The van der Waals surface area contributed by atoms with Gasteiger partial charge in [0.25, 0.3) is 0 Å². The molecule has 1 saturated heterocycles. The fourth-order valence-corrected chi connectivity index (χ4v) is 5.16. The fourth-order valence-electron chi connectivity index (χ4n) is 3.70. The molecule has 1 aliphatic carbocycles. The Bertz CT molecular complexity index is 1070. The maximum atomic E-state index is 12.9. The quantitative estimate of drug-likeness (QED) is 0.400. The van der Waals surface area contributed by atoms with E-state index in [-0.39, 0.29) is 53.2 Å². The summed E-state index contributed by atoms with van der Waals surface area (Å²) in [5.74, 6) is -2.55. The van der Waals surface area contributed by atoms with Crippen molar-refractivity contribution < 1.29 is 50.1 Å². The van der Waals surface area contributed by atoms with E-state index in [1.807, 2.05) is 0 Å². The van der Waals surface area contributed by atoms with E-state index in [1.54, 1.807) is 19.1 Å². The topological polar surface area (TPSA) is 152 Å². The van der Waals surface area contributed by atoms with Crippen molar-refractivity contribution in [1.82, 2.24) is 14.2 Å². The van der Waals surface area contributed by atoms with Crippen LogP contribution in [0.1, 0.15) is 0 Å². The molecule has 0 radical (unpaired) electrons. The summed E-state index contributed by atoms with van der Waals surface area (Å²) in [6, 6.07) is 2.83. The number of alkyl halides is 3. The van der Waals surface area contributed by atoms with Gasteiger partial charge in [-0.2, -0.15) is 17.5 Å². The van der Waals surface area contributed by atoms with Gasteiger partial charge in [-0.25, -0.2) is 22.6 Å². The molecule has 0 aromatic carbocycles. The SMILES string of the molecule is COCCN(C)C(=O)C1[C@H]2CN(S(=O)(=O)c3ccc(OC/C(=C/F)CN)nc3)C[C@@H]12.O=C(O)C(F)(F)F. The molecule has 2 fully saturated rings. The van der Waals surface area contributed by atoms with E-state index in [0.29, 0.717) is 32.6 Å². The summed E-state index contributed by atoms with van der Waals surface area (Å²) in [7, 11) is -0.386. The van der Waals surface area contributed by atoms with Crippen LogP contribution in [0.4, 0.5) is 17.6 Å². The lowest BCUT2D eigenvalue weighted by Crippen LogP contribution is -2.37. The number of hydrogen-bond donors (Lipinski definition) is 2. The van der Waals surface area contributed by atoms with E-state index in [9.17, 15) is 30.8 Å². The number of halogens is 4. The molecule has 1 aromatic rings. The standard InChI is InChI=1S/C19H27FN4O5S.C2HF3O2/c1-23(5-6-28-2)19(25)18-15-10-24(11-16(15)18)30(26,27)14-3-4-17(22-9-14)29-12-13(7-20)8-21;3-2(4,5)1(6)7/h3-4,7,9,15-16,18H,5-6,8,10-12,21H2,1-2H3;(H,6,7)/b13-7+;/t15-,16+,18?;. The number of aromatic nitrogens is 1. The highest BCUT2D eigenvalue weighted by atomic mass is 32.2. The molecule has 3 N–H and O–H groups in total. The number of pyridine rings is 1. The fraction of sp³-hybridized carbons (Fsp3) is 0.571. The summed E-state index contributed by atoms with van der Waals surface area (Å²) < 4.78 is 81.7. The van der Waals surface area contributed by atoms with E-state index in [1.165, 1.54) is 22.6 Å². The molecule has 37 heavy (non-hydrogen) atoms. The van der Waals surface area contributed by atoms with Gasteiger partial charge in [-0.1, -0.05) is 0 Å². The number of ether oxygens (including phenoxy) is 2. The first-order valence-corrected chi connectivity index (χ1v) is 12.3. The van der Waals surface area contributed by atoms with Crippen molar-refractivity contribution in [2.45, 2.75) is 11.1 Å². The molecule has 1 unspecified atom stereocenters. The van der Waals surface area contributed by atoms with Crippen molar-refractivity contribution in [2.75, 3.05) is 53.6 Å². The molecule has 1 saturated carbocycles. The normalized spacial score (nSPS) is 21.5. The smallest absolute Gasteiger partial charge is 0.475 e. The van der Waals surface area contributed by atoms with Crippen molar-refractivity contribution in [1.29, 1.82) is 0 Å². The molecule has 16 heteroatoms. The third kappa shape index (κ3) is 7.83. The first-order chi connectivity index (χ1) is 17.3. The van der Waals surface area contributed by atoms with Crippen LogP contribution < -0.4 is 10.5 Å². The zero-order chi connectivity index (χ0) is 28.0. The van der Waals surface area contributed by atoms with Crippen LogP contribution in [0.2, 0.25) is 0 Å². The summed E-state index contributed by atoms with van der Waals surface area (Å²) in [4.78, 5) is 27.1. The largest absolute Gasteiger partial charge is 0.490 e. The summed E-state index contributed by atoms with van der Waals surface area (Å²) in [5.41, 5.74) is 5.62. The second-order valence-electron chi connectivity index (χ2n) is 8.32. The van der Waals surface area contributed by atoms with Gasteiger partial charge in [0.2, 0.25) is 21.8 Å². The number of nitrogens with zero attached hydrogens (tertiary/aromatic N) is 3. The van der Waals surface area contributed by atoms with Gasteiger partial charge in [0.05, 0.1) is 19.1 Å². The van der Waals surface area contributed by atoms with Gasteiger partial charge in [0.15, 0.2) is 0 Å². The number of hydrogen-bond acceptors (Lipinski definition) is 8. The number of sulfonamides is 1. The molecule has 1 aliphatic heterocycles. The lowest BCUT2D eigenvalue weighted by atomic mass is 10.2. The zero-order valence-corrected chi connectivity index (χ0v) is 20.8. The molecule has 0 bridgehead atoms. The van der Waals surface area contributed by atoms with Crippen molar-refractivity contribution in [2.24, 2.45) is 23.5 Å². The molecular formula is C21H28F4N4O7S. The van der Waals surface area contributed by atoms with Crippen molar-refractivity contribution >= 4 is 21.9 Å². The number of carboxylic acid groups (broad SMARTS) is 1. The van der Waals surface area contributed by atoms with Crippen LogP contribution in [0.3, 0.4) is 0 Å². The van der Waals surface area contributed by atoms with Crippen LogP contribution in [-0.2, 0) is 24.3 Å². The molecule has 1 amide bonds. The van der Waals surface area contributed by atoms with E-state index in [4.69, 9.17) is 25.1 Å². The van der Waals surface area contributed by atoms with Gasteiger partial charge >= 0.3 is 12.1 Å². The summed E-state index contributed by atoms with van der Waals surface area (Å²) in [6.07, 6.45) is -3.48. The number of likely N-dealkylation sites (N-methyl/N-ethyl adjacent to an activating group) is 1. The minimum absolute atomic E-state index is 0.0198. The molecule has 11 nitrogen and oxygen atoms in total. The lowest BCUT2D eigenvalue weighted by Gasteiger charge is -2.22. The Balaban J connectivity index is 0.000000604. The predicted molar refractivity (Wildman–Crippen MR) is 120 cm³/mol. The molecule has 2 aliphatic rings. The number of methoxy groups -OCH3 is 1. The van der Waals surface area contributed by atoms with E-state index in [2.05, 4.69) is 4.98 Å². The second kappa shape index (κ2) is 12.6. The number of carbonyl (C=O) groups excluding carboxylic acids is 1. The van der Waals surface area contributed by atoms with Crippen LogP contribution in [0, 0.1) is 17.8 Å². The molecule has 3 atom stereocenters. The number of aliphatic carboxylic acids is 1. The zero-order valence-electron chi connectivity index (χ0n) is 20.0. The maximum absolute atomic E-state index is 12.9. The number of piperidine rings is 1. The van der Waals surface area contributed by atoms with Gasteiger partial charge in [0, 0.05) is 57.9 Å². The van der Waals surface area contributed by atoms with Gasteiger partial charge < -0.3 is 25.2 Å². The number of rotatable bonds is 10. The first kappa shape index (κ1) is 30.4. The molecule has 2 heterocycles. The Kier molecular flexibility index (Phi) is 10.4. The monoisotopic (exact) mass is 556 g/mol. The van der Waals surface area contributed by atoms with Gasteiger partial charge in [0.1, 0.15) is 11.5 Å². The van der Waals surface area contributed by atoms with Crippen LogP contribution in [0.5, 0.6) is 5.88 Å². The first-order valence-electron chi connectivity index (χ1n) is 10.9. The highest BCUT2D eigenvalue weighted by Crippen LogP contribution is 2.53. The van der Waals surface area contributed by atoms with Crippen LogP contribution >= 0.6 is 0 Å². The highest BCUT2D eigenvalue weighted by molar-refractivity contribution is 7.89. The number of amides is 1. The third-order valence-corrected chi connectivity index (χ3v) is 7.68. The number of fused-ring (bicyclic) bond motifs is 1. The average molecular weight is 557 g/mol. The van der Waals surface area contributed by atoms with Crippen molar-refractivity contribution in [3.63, 3.8) is 0 Å². The second-order valence-corrected chi connectivity index (χ2v) is 10.3. The van der Waals surface area contributed by atoms with Crippen LogP contribution in [0.15, 0.2) is 35.1 Å². The number of nitrogens with two attached hydrogens (primary N) is 1. The predicted octanol–water partition coefficient (Wildman–Crippen LogP) is 0.877. The van der Waals surface area contributed by atoms with E-state index >= 15 is 0 Å². The van der Waals surface area contributed by atoms with Gasteiger partial charge in [-0.3, -0.25) is 4.79 Å². The van der Waals surface area contributed by atoms with Gasteiger partial charge in [-0.05, 0) is 17.9 Å². The average Bonchev–Trinajstić information content (AvgIpc) is 3.34. The summed E-state index contributed by atoms with van der Waals surface area (Å²) >= 11 is 0. The van der Waals surface area contributed by atoms with E-state index < -0.39 is 22.2 Å². The van der Waals surface area contributed by atoms with Crippen molar-refractivity contribution in [3.8, 4) is 5.88 Å². The van der Waals surface area contributed by atoms with Crippen LogP contribution in [-0.4, -0.2) is 99.3 Å². The lowest BCUT2D eigenvalue weighted by molar-refractivity contribution is -0.192. The Morgan fingerprint density at radius 3 is 2.32 bits per heavy atom. The third-order valence-electron chi connectivity index (χ3n) is 5.86. The van der Waals surface area contributed by atoms with E-state index in [0.717, 1.165) is 0 Å². The molecule has 0 spiro atoms. The minimum atomic E-state index is -5.08. The molecule has 208 valence electrons. The van der Waals surface area contributed by atoms with Crippen molar-refractivity contribution in [3.05, 3.63) is 30.2 Å². The highest BCUT2D eigenvalue weighted by Gasteiger charge is 2.61. The van der Waals surface area contributed by atoms with Gasteiger partial charge in [-0.15, -0.1) is 0 Å². The summed E-state index contributed by atoms with van der Waals surface area (Å²) in [6.45, 7) is 1.58. The Morgan fingerprint density at radius 1 is 1.30 bits per heavy atom. The molecule has 1 aromatic heterocycles. The summed E-state index contributed by atoms with van der Waals surface area (Å²) in [5, 5.41) is 7.12. The Hall–Kier alpha value is -2.82. The minimum Gasteiger partial charge on any atom is -0.475 e. The Morgan fingerprint density at radius 2 is 1.89 bits per heavy atom. The molecular weight excluding hydrogens is 528 g/mol.